The van der Waals surface area contributed by atoms with Gasteiger partial charge in [-0.1, -0.05) is 48.3 Å². The number of amides is 2. The molecule has 1 atom stereocenters. The van der Waals surface area contributed by atoms with E-state index in [1.807, 2.05) is 0 Å². The van der Waals surface area contributed by atoms with Gasteiger partial charge in [-0.05, 0) is 50.1 Å². The van der Waals surface area contributed by atoms with Crippen molar-refractivity contribution in [1.29, 1.82) is 0 Å². The molecule has 0 radical (unpaired) electrons. The van der Waals surface area contributed by atoms with E-state index >= 15 is 0 Å². The first-order chi connectivity index (χ1) is 16.5. The molecule has 11 heteroatoms. The summed E-state index contributed by atoms with van der Waals surface area (Å²) in [6.07, 6.45) is 1.35. The van der Waals surface area contributed by atoms with Crippen LogP contribution in [0.25, 0.3) is 0 Å². The van der Waals surface area contributed by atoms with Crippen molar-refractivity contribution in [1.82, 2.24) is 10.2 Å². The van der Waals surface area contributed by atoms with Gasteiger partial charge in [-0.3, -0.25) is 13.9 Å². The zero-order chi connectivity index (χ0) is 26.2. The standard InChI is InChI=1S/C24H31Cl2N3O5S/c1-5-20(24(31)27-6-2)28(15-17-12-13-18(25)19(26)14-17)23(30)16-29(35(4,32)33)21-10-8-9-11-22(21)34-7-3/h8-14,20H,5-7,15-16H2,1-4H3,(H,27,31)/t20-/m1/s1. The fourth-order valence-corrected chi connectivity index (χ4v) is 4.76. The molecule has 0 unspecified atom stereocenters. The minimum Gasteiger partial charge on any atom is -0.492 e. The summed E-state index contributed by atoms with van der Waals surface area (Å²) >= 11 is 12.2. The number of ether oxygens (including phenoxy) is 1. The number of hydrogen-bond donors (Lipinski definition) is 1. The number of rotatable bonds is 12. The van der Waals surface area contributed by atoms with Gasteiger partial charge >= 0.3 is 0 Å². The summed E-state index contributed by atoms with van der Waals surface area (Å²) in [6, 6.07) is 10.7. The van der Waals surface area contributed by atoms with Gasteiger partial charge < -0.3 is 15.0 Å². The van der Waals surface area contributed by atoms with Gasteiger partial charge in [0.15, 0.2) is 0 Å². The van der Waals surface area contributed by atoms with Crippen LogP contribution in [0.1, 0.15) is 32.8 Å². The quantitative estimate of drug-likeness (QED) is 0.434. The van der Waals surface area contributed by atoms with Gasteiger partial charge in [-0.25, -0.2) is 8.42 Å². The van der Waals surface area contributed by atoms with Gasteiger partial charge in [0, 0.05) is 13.1 Å². The zero-order valence-electron chi connectivity index (χ0n) is 20.3. The van der Waals surface area contributed by atoms with Crippen LogP contribution < -0.4 is 14.4 Å². The first kappa shape index (κ1) is 28.7. The number of carbonyl (C=O) groups excluding carboxylic acids is 2. The van der Waals surface area contributed by atoms with Crippen LogP contribution >= 0.6 is 23.2 Å². The number of likely N-dealkylation sites (N-methyl/N-ethyl adjacent to an activating group) is 1. The van der Waals surface area contributed by atoms with Crippen LogP contribution in [0.15, 0.2) is 42.5 Å². The summed E-state index contributed by atoms with van der Waals surface area (Å²) in [6.45, 7) is 5.59. The molecule has 1 N–H and O–H groups in total. The molecule has 8 nitrogen and oxygen atoms in total. The van der Waals surface area contributed by atoms with Crippen molar-refractivity contribution in [2.45, 2.75) is 39.8 Å². The second-order valence-corrected chi connectivity index (χ2v) is 10.5. The van der Waals surface area contributed by atoms with Crippen LogP contribution in [0.4, 0.5) is 5.69 Å². The molecule has 0 spiro atoms. The van der Waals surface area contributed by atoms with E-state index in [1.165, 1.54) is 4.90 Å². The first-order valence-corrected chi connectivity index (χ1v) is 13.8. The van der Waals surface area contributed by atoms with Crippen molar-refractivity contribution >= 4 is 50.7 Å². The van der Waals surface area contributed by atoms with Crippen molar-refractivity contribution in [3.05, 3.63) is 58.1 Å². The fourth-order valence-electron chi connectivity index (χ4n) is 3.58. The maximum absolute atomic E-state index is 13.6. The number of hydrogen-bond acceptors (Lipinski definition) is 5. The molecule has 0 saturated heterocycles. The summed E-state index contributed by atoms with van der Waals surface area (Å²) in [4.78, 5) is 27.8. The van der Waals surface area contributed by atoms with E-state index in [2.05, 4.69) is 5.32 Å². The molecule has 2 rings (SSSR count). The van der Waals surface area contributed by atoms with Crippen molar-refractivity contribution < 1.29 is 22.7 Å². The van der Waals surface area contributed by atoms with Gasteiger partial charge in [0.1, 0.15) is 18.3 Å². The summed E-state index contributed by atoms with van der Waals surface area (Å²) in [5, 5.41) is 3.42. The average Bonchev–Trinajstić information content (AvgIpc) is 2.79. The number of nitrogens with zero attached hydrogens (tertiary/aromatic N) is 2. The maximum Gasteiger partial charge on any atom is 0.244 e. The zero-order valence-corrected chi connectivity index (χ0v) is 22.6. The normalized spacial score (nSPS) is 12.1. The molecule has 0 heterocycles. The smallest absolute Gasteiger partial charge is 0.244 e. The van der Waals surface area contributed by atoms with Gasteiger partial charge in [0.2, 0.25) is 21.8 Å². The van der Waals surface area contributed by atoms with Gasteiger partial charge in [-0.2, -0.15) is 0 Å². The molecule has 192 valence electrons. The number of anilines is 1. The van der Waals surface area contributed by atoms with E-state index < -0.39 is 28.5 Å². The second kappa shape index (κ2) is 13.0. The van der Waals surface area contributed by atoms with Gasteiger partial charge in [0.05, 0.1) is 28.6 Å². The molecule has 0 saturated carbocycles. The van der Waals surface area contributed by atoms with Crippen molar-refractivity contribution in [2.75, 3.05) is 30.3 Å². The Morgan fingerprint density at radius 2 is 1.74 bits per heavy atom. The Bertz CT molecular complexity index is 1140. The van der Waals surface area contributed by atoms with Crippen LogP contribution in [-0.2, 0) is 26.2 Å². The van der Waals surface area contributed by atoms with E-state index in [-0.39, 0.29) is 18.1 Å². The van der Waals surface area contributed by atoms with Crippen LogP contribution in [0, 0.1) is 0 Å². The van der Waals surface area contributed by atoms with E-state index in [1.54, 1.807) is 63.2 Å². The molecular formula is C24H31Cl2N3O5S. The van der Waals surface area contributed by atoms with Crippen molar-refractivity contribution in [3.63, 3.8) is 0 Å². The minimum atomic E-state index is -3.87. The van der Waals surface area contributed by atoms with E-state index in [9.17, 15) is 18.0 Å². The number of halogens is 2. The van der Waals surface area contributed by atoms with E-state index in [0.717, 1.165) is 10.6 Å². The Morgan fingerprint density at radius 1 is 1.06 bits per heavy atom. The van der Waals surface area contributed by atoms with Crippen LogP contribution in [0.5, 0.6) is 5.75 Å². The Morgan fingerprint density at radius 3 is 2.31 bits per heavy atom. The molecule has 35 heavy (non-hydrogen) atoms. The lowest BCUT2D eigenvalue weighted by Crippen LogP contribution is -2.52. The highest BCUT2D eigenvalue weighted by Crippen LogP contribution is 2.30. The molecular weight excluding hydrogens is 513 g/mol. The first-order valence-electron chi connectivity index (χ1n) is 11.2. The highest BCUT2D eigenvalue weighted by atomic mass is 35.5. The molecule has 0 fully saturated rings. The minimum absolute atomic E-state index is 0.0378. The lowest BCUT2D eigenvalue weighted by Gasteiger charge is -2.33. The summed E-state index contributed by atoms with van der Waals surface area (Å²) in [7, 11) is -3.87. The highest BCUT2D eigenvalue weighted by molar-refractivity contribution is 7.92. The predicted octanol–water partition coefficient (Wildman–Crippen LogP) is 4.10. The second-order valence-electron chi connectivity index (χ2n) is 7.76. The third-order valence-electron chi connectivity index (χ3n) is 5.19. The average molecular weight is 545 g/mol. The molecule has 0 bridgehead atoms. The third-order valence-corrected chi connectivity index (χ3v) is 7.05. The monoisotopic (exact) mass is 543 g/mol. The van der Waals surface area contributed by atoms with E-state index in [0.29, 0.717) is 40.9 Å². The highest BCUT2D eigenvalue weighted by Gasteiger charge is 2.32. The molecule has 0 aromatic heterocycles. The van der Waals surface area contributed by atoms with Crippen LogP contribution in [0.2, 0.25) is 10.0 Å². The SMILES string of the molecule is CCNC(=O)[C@@H](CC)N(Cc1ccc(Cl)c(Cl)c1)C(=O)CN(c1ccccc1OCC)S(C)(=O)=O. The van der Waals surface area contributed by atoms with Crippen molar-refractivity contribution in [3.8, 4) is 5.75 Å². The topological polar surface area (TPSA) is 96.0 Å². The largest absolute Gasteiger partial charge is 0.492 e. The molecule has 0 aliphatic heterocycles. The Kier molecular flexibility index (Phi) is 10.7. The van der Waals surface area contributed by atoms with E-state index in [4.69, 9.17) is 27.9 Å². The fraction of sp³-hybridized carbons (Fsp3) is 0.417. The van der Waals surface area contributed by atoms with Gasteiger partial charge in [0.25, 0.3) is 0 Å². The summed E-state index contributed by atoms with van der Waals surface area (Å²) < 4.78 is 32.1. The predicted molar refractivity (Wildman–Crippen MR) is 140 cm³/mol. The lowest BCUT2D eigenvalue weighted by atomic mass is 10.1. The molecule has 0 aliphatic carbocycles. The number of benzene rings is 2. The molecule has 0 aliphatic rings. The number of carbonyl (C=O) groups is 2. The third kappa shape index (κ3) is 7.75. The number of sulfonamides is 1. The number of para-hydroxylation sites is 2. The maximum atomic E-state index is 13.6. The van der Waals surface area contributed by atoms with Crippen LogP contribution in [-0.4, -0.2) is 57.1 Å². The Labute approximate surface area is 217 Å². The number of nitrogens with one attached hydrogen (secondary N) is 1. The summed E-state index contributed by atoms with van der Waals surface area (Å²) in [5.41, 5.74) is 0.891. The molecule has 2 aromatic carbocycles. The Balaban J connectivity index is 2.49. The van der Waals surface area contributed by atoms with Crippen LogP contribution in [0.3, 0.4) is 0 Å². The Hall–Kier alpha value is -2.49. The molecule has 2 aromatic rings. The van der Waals surface area contributed by atoms with Crippen molar-refractivity contribution in [2.24, 2.45) is 0 Å². The van der Waals surface area contributed by atoms with Gasteiger partial charge in [-0.15, -0.1) is 0 Å². The lowest BCUT2D eigenvalue weighted by molar-refractivity contribution is -0.140. The summed E-state index contributed by atoms with van der Waals surface area (Å²) in [5.74, 6) is -0.546. The molecule has 2 amide bonds.